The summed E-state index contributed by atoms with van der Waals surface area (Å²) in [6.07, 6.45) is 0.340. The predicted octanol–water partition coefficient (Wildman–Crippen LogP) is 3.00. The van der Waals surface area contributed by atoms with Crippen molar-refractivity contribution in [2.24, 2.45) is 0 Å². The van der Waals surface area contributed by atoms with Gasteiger partial charge in [0.05, 0.1) is 10.6 Å². The van der Waals surface area contributed by atoms with E-state index < -0.39 is 0 Å². The van der Waals surface area contributed by atoms with Gasteiger partial charge in [-0.15, -0.1) is 0 Å². The third kappa shape index (κ3) is 1.22. The zero-order chi connectivity index (χ0) is 10.3. The van der Waals surface area contributed by atoms with Gasteiger partial charge in [0.25, 0.3) is 0 Å². The average Bonchev–Trinajstić information content (AvgIpc) is 2.51. The highest BCUT2D eigenvalue weighted by molar-refractivity contribution is 6.35. The number of benzene rings is 1. The van der Waals surface area contributed by atoms with Gasteiger partial charge in [0, 0.05) is 0 Å². The van der Waals surface area contributed by atoms with E-state index in [2.05, 4.69) is 0 Å². The number of carbonyl (C=O) groups is 1. The van der Waals surface area contributed by atoms with Crippen LogP contribution in [0.2, 0.25) is 5.02 Å². The highest BCUT2D eigenvalue weighted by atomic mass is 35.5. The van der Waals surface area contributed by atoms with E-state index in [1.54, 1.807) is 6.07 Å². The first-order valence-corrected chi connectivity index (χ1v) is 5.03. The average molecular weight is 211 g/mol. The minimum Gasteiger partial charge on any atom is -0.481 e. The van der Waals surface area contributed by atoms with E-state index in [0.717, 1.165) is 5.56 Å². The number of Topliss-reactive ketones (excluding diaryl/α,β-unsaturated/α-hetero) is 1. The maximum Gasteiger partial charge on any atom is 0.208 e. The van der Waals surface area contributed by atoms with Crippen LogP contribution in [0.15, 0.2) is 12.1 Å². The van der Waals surface area contributed by atoms with Crippen LogP contribution >= 0.6 is 11.6 Å². The van der Waals surface area contributed by atoms with E-state index in [-0.39, 0.29) is 11.9 Å². The van der Waals surface area contributed by atoms with E-state index >= 15 is 0 Å². The summed E-state index contributed by atoms with van der Waals surface area (Å²) < 4.78 is 5.55. The summed E-state index contributed by atoms with van der Waals surface area (Å²) in [5.74, 6) is 0.672. The zero-order valence-corrected chi connectivity index (χ0v) is 8.89. The van der Waals surface area contributed by atoms with Crippen molar-refractivity contribution in [2.75, 3.05) is 0 Å². The summed E-state index contributed by atoms with van der Waals surface area (Å²) in [7, 11) is 0. The second-order valence-corrected chi connectivity index (χ2v) is 3.85. The fourth-order valence-electron chi connectivity index (χ4n) is 1.67. The van der Waals surface area contributed by atoms with Gasteiger partial charge < -0.3 is 4.74 Å². The molecule has 1 atom stereocenters. The van der Waals surface area contributed by atoms with Gasteiger partial charge in [0.2, 0.25) is 5.78 Å². The van der Waals surface area contributed by atoms with Gasteiger partial charge in [-0.05, 0) is 25.0 Å². The molecule has 1 heterocycles. The maximum atomic E-state index is 11.8. The summed E-state index contributed by atoms with van der Waals surface area (Å²) in [5.41, 5.74) is 1.52. The topological polar surface area (TPSA) is 26.3 Å². The molecule has 0 amide bonds. The number of hydrogen-bond acceptors (Lipinski definition) is 2. The normalized spacial score (nSPS) is 19.4. The summed E-state index contributed by atoms with van der Waals surface area (Å²) in [6, 6.07) is 3.61. The minimum absolute atomic E-state index is 0.0104. The molecule has 1 aliphatic heterocycles. The largest absolute Gasteiger partial charge is 0.481 e. The first-order chi connectivity index (χ1) is 6.65. The Hall–Kier alpha value is -1.02. The number of carbonyl (C=O) groups excluding carboxylic acids is 1. The third-order valence-electron chi connectivity index (χ3n) is 2.47. The van der Waals surface area contributed by atoms with Crippen LogP contribution in [0.5, 0.6) is 5.75 Å². The smallest absolute Gasteiger partial charge is 0.208 e. The SMILES string of the molecule is CCC1Oc2c(C)ccc(Cl)c2C1=O. The Labute approximate surface area is 87.8 Å². The lowest BCUT2D eigenvalue weighted by molar-refractivity contribution is 0.0853. The van der Waals surface area contributed by atoms with Crippen LogP contribution in [0, 0.1) is 6.92 Å². The molecule has 1 aromatic rings. The van der Waals surface area contributed by atoms with Crippen molar-refractivity contribution in [2.45, 2.75) is 26.4 Å². The van der Waals surface area contributed by atoms with Crippen LogP contribution in [-0.4, -0.2) is 11.9 Å². The number of rotatable bonds is 1. The van der Waals surface area contributed by atoms with Crippen molar-refractivity contribution in [1.29, 1.82) is 0 Å². The van der Waals surface area contributed by atoms with Crippen molar-refractivity contribution < 1.29 is 9.53 Å². The van der Waals surface area contributed by atoms with E-state index in [1.807, 2.05) is 19.9 Å². The van der Waals surface area contributed by atoms with E-state index in [1.165, 1.54) is 0 Å². The highest BCUT2D eigenvalue weighted by Crippen LogP contribution is 2.37. The molecule has 0 bridgehead atoms. The number of hydrogen-bond donors (Lipinski definition) is 0. The quantitative estimate of drug-likeness (QED) is 0.712. The summed E-state index contributed by atoms with van der Waals surface area (Å²) in [6.45, 7) is 3.85. The van der Waals surface area contributed by atoms with Gasteiger partial charge >= 0.3 is 0 Å². The van der Waals surface area contributed by atoms with Crippen LogP contribution in [-0.2, 0) is 0 Å². The lowest BCUT2D eigenvalue weighted by Crippen LogP contribution is -2.18. The van der Waals surface area contributed by atoms with Gasteiger partial charge in [-0.1, -0.05) is 24.6 Å². The number of fused-ring (bicyclic) bond motifs is 1. The molecule has 1 aromatic carbocycles. The van der Waals surface area contributed by atoms with E-state index in [9.17, 15) is 4.79 Å². The fourth-order valence-corrected chi connectivity index (χ4v) is 1.91. The number of aryl methyl sites for hydroxylation is 1. The third-order valence-corrected chi connectivity index (χ3v) is 2.79. The molecule has 0 saturated carbocycles. The molecule has 0 fully saturated rings. The molecule has 0 saturated heterocycles. The molecule has 1 unspecified atom stereocenters. The standard InChI is InChI=1S/C11H11ClO2/c1-3-8-10(13)9-7(12)5-4-6(2)11(9)14-8/h4-5,8H,3H2,1-2H3. The van der Waals surface area contributed by atoms with Crippen molar-refractivity contribution in [3.8, 4) is 5.75 Å². The number of halogens is 1. The Morgan fingerprint density at radius 3 is 2.79 bits per heavy atom. The Kier molecular flexibility index (Phi) is 2.23. The second-order valence-electron chi connectivity index (χ2n) is 3.45. The van der Waals surface area contributed by atoms with Crippen LogP contribution < -0.4 is 4.74 Å². The van der Waals surface area contributed by atoms with E-state index in [0.29, 0.717) is 22.8 Å². The summed E-state index contributed by atoms with van der Waals surface area (Å²) in [4.78, 5) is 11.8. The van der Waals surface area contributed by atoms with Gasteiger partial charge in [-0.2, -0.15) is 0 Å². The molecule has 2 nitrogen and oxygen atoms in total. The molecule has 1 aliphatic rings. The fraction of sp³-hybridized carbons (Fsp3) is 0.364. The first kappa shape index (κ1) is 9.53. The maximum absolute atomic E-state index is 11.8. The predicted molar refractivity (Wildman–Crippen MR) is 55.2 cm³/mol. The molecule has 0 spiro atoms. The van der Waals surface area contributed by atoms with Crippen LogP contribution in [0.4, 0.5) is 0 Å². The molecule has 14 heavy (non-hydrogen) atoms. The molecule has 0 aliphatic carbocycles. The number of ether oxygens (including phenoxy) is 1. The number of ketones is 1. The summed E-state index contributed by atoms with van der Waals surface area (Å²) >= 11 is 5.96. The van der Waals surface area contributed by atoms with Crippen LogP contribution in [0.25, 0.3) is 0 Å². The van der Waals surface area contributed by atoms with Gasteiger partial charge in [-0.3, -0.25) is 4.79 Å². The molecule has 0 aromatic heterocycles. The van der Waals surface area contributed by atoms with Gasteiger partial charge in [-0.25, -0.2) is 0 Å². The molecule has 74 valence electrons. The van der Waals surface area contributed by atoms with Crippen molar-refractivity contribution >= 4 is 17.4 Å². The molecular formula is C11H11ClO2. The highest BCUT2D eigenvalue weighted by Gasteiger charge is 2.33. The minimum atomic E-state index is -0.344. The molecule has 2 rings (SSSR count). The Balaban J connectivity index is 2.58. The van der Waals surface area contributed by atoms with Crippen molar-refractivity contribution in [3.05, 3.63) is 28.3 Å². The van der Waals surface area contributed by atoms with Gasteiger partial charge in [0.15, 0.2) is 6.10 Å². The Morgan fingerprint density at radius 2 is 2.21 bits per heavy atom. The summed E-state index contributed by atoms with van der Waals surface area (Å²) in [5, 5.41) is 0.492. The molecule has 3 heteroatoms. The van der Waals surface area contributed by atoms with Crippen molar-refractivity contribution in [1.82, 2.24) is 0 Å². The Bertz CT molecular complexity index is 399. The van der Waals surface area contributed by atoms with Gasteiger partial charge in [0.1, 0.15) is 5.75 Å². The lowest BCUT2D eigenvalue weighted by Gasteiger charge is -2.06. The molecule has 0 radical (unpaired) electrons. The second kappa shape index (κ2) is 3.28. The van der Waals surface area contributed by atoms with Crippen molar-refractivity contribution in [3.63, 3.8) is 0 Å². The molecular weight excluding hydrogens is 200 g/mol. The Morgan fingerprint density at radius 1 is 1.50 bits per heavy atom. The van der Waals surface area contributed by atoms with Crippen LogP contribution in [0.1, 0.15) is 29.3 Å². The first-order valence-electron chi connectivity index (χ1n) is 4.65. The zero-order valence-electron chi connectivity index (χ0n) is 8.13. The van der Waals surface area contributed by atoms with Crippen LogP contribution in [0.3, 0.4) is 0 Å². The monoisotopic (exact) mass is 210 g/mol. The lowest BCUT2D eigenvalue weighted by atomic mass is 10.0. The molecule has 0 N–H and O–H groups in total. The van der Waals surface area contributed by atoms with E-state index in [4.69, 9.17) is 16.3 Å².